The fourth-order valence-electron chi connectivity index (χ4n) is 2.92. The molecule has 5 heteroatoms. The van der Waals surface area contributed by atoms with E-state index in [9.17, 15) is 9.18 Å². The normalized spacial score (nSPS) is 15.9. The molecule has 1 aliphatic rings. The highest BCUT2D eigenvalue weighted by Gasteiger charge is 2.33. The van der Waals surface area contributed by atoms with E-state index in [4.69, 9.17) is 12.2 Å². The molecule has 25 heavy (non-hydrogen) atoms. The number of para-hydroxylation sites is 1. The molecule has 1 fully saturated rings. The van der Waals surface area contributed by atoms with Crippen LogP contribution in [0.5, 0.6) is 0 Å². The summed E-state index contributed by atoms with van der Waals surface area (Å²) in [4.78, 5) is 13.9. The van der Waals surface area contributed by atoms with E-state index in [1.54, 1.807) is 18.2 Å². The Kier molecular flexibility index (Phi) is 3.78. The van der Waals surface area contributed by atoms with E-state index in [1.165, 1.54) is 17.0 Å². The van der Waals surface area contributed by atoms with Gasteiger partial charge in [0.15, 0.2) is 5.11 Å². The molecule has 0 unspecified atom stereocenters. The molecule has 4 rings (SSSR count). The molecule has 0 radical (unpaired) electrons. The van der Waals surface area contributed by atoms with Crippen LogP contribution in [0.4, 0.5) is 10.1 Å². The van der Waals surface area contributed by atoms with Gasteiger partial charge in [-0.15, -0.1) is 0 Å². The SMILES string of the molecule is O=C1/C(=C/c2cccc3ccccc23)NC(=S)N1c1ccccc1F. The first-order valence-corrected chi connectivity index (χ1v) is 8.15. The summed E-state index contributed by atoms with van der Waals surface area (Å²) in [7, 11) is 0. The van der Waals surface area contributed by atoms with Gasteiger partial charge in [-0.25, -0.2) is 9.29 Å². The third-order valence-electron chi connectivity index (χ3n) is 4.09. The van der Waals surface area contributed by atoms with E-state index >= 15 is 0 Å². The molecule has 3 nitrogen and oxygen atoms in total. The minimum atomic E-state index is -0.494. The number of carbonyl (C=O) groups is 1. The van der Waals surface area contributed by atoms with E-state index in [1.807, 2.05) is 42.5 Å². The first-order valence-electron chi connectivity index (χ1n) is 7.74. The first-order chi connectivity index (χ1) is 12.1. The van der Waals surface area contributed by atoms with Crippen molar-refractivity contribution in [3.05, 3.63) is 83.8 Å². The van der Waals surface area contributed by atoms with Crippen LogP contribution in [0.25, 0.3) is 16.8 Å². The fourth-order valence-corrected chi connectivity index (χ4v) is 3.21. The van der Waals surface area contributed by atoms with Crippen LogP contribution >= 0.6 is 12.2 Å². The van der Waals surface area contributed by atoms with E-state index in [2.05, 4.69) is 5.32 Å². The highest BCUT2D eigenvalue weighted by atomic mass is 32.1. The topological polar surface area (TPSA) is 32.3 Å². The van der Waals surface area contributed by atoms with Crippen molar-refractivity contribution in [1.82, 2.24) is 5.32 Å². The molecule has 0 atom stereocenters. The Morgan fingerprint density at radius 1 is 0.960 bits per heavy atom. The number of rotatable bonds is 2. The van der Waals surface area contributed by atoms with Gasteiger partial charge in [0.2, 0.25) is 0 Å². The average Bonchev–Trinajstić information content (AvgIpc) is 2.90. The molecular weight excluding hydrogens is 335 g/mol. The maximum absolute atomic E-state index is 14.0. The number of anilines is 1. The van der Waals surface area contributed by atoms with Crippen molar-refractivity contribution in [2.45, 2.75) is 0 Å². The Labute approximate surface area is 149 Å². The van der Waals surface area contributed by atoms with E-state index in [0.717, 1.165) is 16.3 Å². The number of nitrogens with one attached hydrogen (secondary N) is 1. The summed E-state index contributed by atoms with van der Waals surface area (Å²) < 4.78 is 14.0. The zero-order valence-electron chi connectivity index (χ0n) is 13.1. The minimum absolute atomic E-state index is 0.145. The Bertz CT molecular complexity index is 1040. The predicted octanol–water partition coefficient (Wildman–Crippen LogP) is 4.24. The van der Waals surface area contributed by atoms with Gasteiger partial charge in [0, 0.05) is 0 Å². The Morgan fingerprint density at radius 3 is 2.52 bits per heavy atom. The van der Waals surface area contributed by atoms with E-state index in [0.29, 0.717) is 5.70 Å². The molecule has 1 heterocycles. The standard InChI is InChI=1S/C20H13FN2OS/c21-16-10-3-4-11-18(16)23-19(24)17(22-20(23)25)12-14-8-5-7-13-6-1-2-9-15(13)14/h1-12H,(H,22,25)/b17-12-. The molecule has 3 aromatic carbocycles. The van der Waals surface area contributed by atoms with Crippen molar-refractivity contribution < 1.29 is 9.18 Å². The molecular formula is C20H13FN2OS. The second-order valence-corrected chi connectivity index (χ2v) is 6.04. The first kappa shape index (κ1) is 15.5. The number of halogens is 1. The molecule has 1 aliphatic heterocycles. The zero-order valence-corrected chi connectivity index (χ0v) is 13.9. The van der Waals surface area contributed by atoms with Crippen LogP contribution in [0.1, 0.15) is 5.56 Å². The van der Waals surface area contributed by atoms with Crippen molar-refractivity contribution in [3.8, 4) is 0 Å². The lowest BCUT2D eigenvalue weighted by molar-refractivity contribution is -0.113. The molecule has 0 aliphatic carbocycles. The number of hydrogen-bond acceptors (Lipinski definition) is 2. The highest BCUT2D eigenvalue weighted by molar-refractivity contribution is 7.80. The predicted molar refractivity (Wildman–Crippen MR) is 102 cm³/mol. The summed E-state index contributed by atoms with van der Waals surface area (Å²) in [5.41, 5.74) is 1.36. The fraction of sp³-hybridized carbons (Fsp3) is 0. The minimum Gasteiger partial charge on any atom is -0.327 e. The van der Waals surface area contributed by atoms with Crippen molar-refractivity contribution in [1.29, 1.82) is 0 Å². The van der Waals surface area contributed by atoms with Crippen LogP contribution in [0.3, 0.4) is 0 Å². The van der Waals surface area contributed by atoms with Gasteiger partial charge in [-0.05, 0) is 46.8 Å². The summed E-state index contributed by atoms with van der Waals surface area (Å²) in [6.45, 7) is 0. The van der Waals surface area contributed by atoms with Crippen molar-refractivity contribution >= 4 is 45.8 Å². The second kappa shape index (κ2) is 6.11. The zero-order chi connectivity index (χ0) is 17.4. The molecule has 0 spiro atoms. The number of amides is 1. The molecule has 122 valence electrons. The Morgan fingerprint density at radius 2 is 1.68 bits per heavy atom. The van der Waals surface area contributed by atoms with Gasteiger partial charge in [0.05, 0.1) is 5.69 Å². The van der Waals surface area contributed by atoms with Crippen molar-refractivity contribution in [2.75, 3.05) is 4.90 Å². The van der Waals surface area contributed by atoms with Gasteiger partial charge in [-0.1, -0.05) is 54.6 Å². The molecule has 0 saturated carbocycles. The summed E-state index contributed by atoms with van der Waals surface area (Å²) >= 11 is 5.23. The monoisotopic (exact) mass is 348 g/mol. The lowest BCUT2D eigenvalue weighted by Crippen LogP contribution is -2.31. The van der Waals surface area contributed by atoms with Gasteiger partial charge in [-0.2, -0.15) is 0 Å². The lowest BCUT2D eigenvalue weighted by atomic mass is 10.0. The van der Waals surface area contributed by atoms with Crippen LogP contribution in [-0.4, -0.2) is 11.0 Å². The van der Waals surface area contributed by atoms with E-state index < -0.39 is 5.82 Å². The van der Waals surface area contributed by atoms with Gasteiger partial charge >= 0.3 is 0 Å². The third kappa shape index (κ3) is 2.68. The number of fused-ring (bicyclic) bond motifs is 1. The smallest absolute Gasteiger partial charge is 0.281 e. The molecule has 3 aromatic rings. The van der Waals surface area contributed by atoms with Crippen molar-refractivity contribution in [3.63, 3.8) is 0 Å². The number of carbonyl (C=O) groups excluding carboxylic acids is 1. The van der Waals surface area contributed by atoms with Gasteiger partial charge in [-0.3, -0.25) is 4.79 Å². The van der Waals surface area contributed by atoms with Gasteiger partial charge < -0.3 is 5.32 Å². The third-order valence-corrected chi connectivity index (χ3v) is 4.38. The summed E-state index contributed by atoms with van der Waals surface area (Å²) in [5.74, 6) is -0.866. The van der Waals surface area contributed by atoms with E-state index in [-0.39, 0.29) is 16.7 Å². The van der Waals surface area contributed by atoms with Crippen LogP contribution < -0.4 is 10.2 Å². The summed E-state index contributed by atoms with van der Waals surface area (Å²) in [6, 6.07) is 19.9. The van der Waals surface area contributed by atoms with Crippen molar-refractivity contribution in [2.24, 2.45) is 0 Å². The molecule has 1 N–H and O–H groups in total. The quantitative estimate of drug-likeness (QED) is 0.555. The average molecular weight is 348 g/mol. The number of nitrogens with zero attached hydrogens (tertiary/aromatic N) is 1. The number of hydrogen-bond donors (Lipinski definition) is 1. The number of thiocarbonyl (C=S) groups is 1. The molecule has 0 bridgehead atoms. The lowest BCUT2D eigenvalue weighted by Gasteiger charge is -2.14. The number of benzene rings is 3. The van der Waals surface area contributed by atoms with Crippen LogP contribution in [0.2, 0.25) is 0 Å². The summed E-state index contributed by atoms with van der Waals surface area (Å²) in [6.07, 6.45) is 1.75. The highest BCUT2D eigenvalue weighted by Crippen LogP contribution is 2.26. The Hall–Kier alpha value is -3.05. The second-order valence-electron chi connectivity index (χ2n) is 5.65. The largest absolute Gasteiger partial charge is 0.327 e. The molecule has 1 amide bonds. The summed E-state index contributed by atoms with van der Waals surface area (Å²) in [5, 5.41) is 5.17. The van der Waals surface area contributed by atoms with Crippen LogP contribution in [-0.2, 0) is 4.79 Å². The molecule has 1 saturated heterocycles. The maximum Gasteiger partial charge on any atom is 0.281 e. The maximum atomic E-state index is 14.0. The van der Waals surface area contributed by atoms with Crippen LogP contribution in [0.15, 0.2) is 72.4 Å². The van der Waals surface area contributed by atoms with Gasteiger partial charge in [0.1, 0.15) is 11.5 Å². The molecule has 0 aromatic heterocycles. The van der Waals surface area contributed by atoms with Gasteiger partial charge in [0.25, 0.3) is 5.91 Å². The Balaban J connectivity index is 1.77. The van der Waals surface area contributed by atoms with Crippen LogP contribution in [0, 0.1) is 5.82 Å².